The molecule has 15 heavy (non-hydrogen) atoms. The van der Waals surface area contributed by atoms with E-state index in [0.717, 1.165) is 6.42 Å². The molecule has 0 aliphatic carbocycles. The Morgan fingerprint density at radius 1 is 1.13 bits per heavy atom. The molecule has 0 spiro atoms. The largest absolute Gasteiger partial charge is 0.466 e. The van der Waals surface area contributed by atoms with E-state index in [1.54, 1.807) is 6.92 Å². The Kier molecular flexibility index (Phi) is 7.68. The SMILES string of the molecule is CCCC(=O)O[C@H](CC)CC(=O)OCC. The maximum Gasteiger partial charge on any atom is 0.309 e. The van der Waals surface area contributed by atoms with Gasteiger partial charge in [-0.05, 0) is 19.8 Å². The number of esters is 2. The van der Waals surface area contributed by atoms with Gasteiger partial charge in [0.05, 0.1) is 13.0 Å². The lowest BCUT2D eigenvalue weighted by Crippen LogP contribution is -2.22. The zero-order chi connectivity index (χ0) is 11.7. The molecule has 0 bridgehead atoms. The third-order valence-corrected chi connectivity index (χ3v) is 1.91. The van der Waals surface area contributed by atoms with Gasteiger partial charge < -0.3 is 9.47 Å². The fourth-order valence-corrected chi connectivity index (χ4v) is 1.12. The van der Waals surface area contributed by atoms with E-state index < -0.39 is 0 Å². The standard InChI is InChI=1S/C11H20O4/c1-4-7-10(12)15-9(5-2)8-11(13)14-6-3/h9H,4-8H2,1-3H3/t9-/m1/s1. The molecule has 0 amide bonds. The Bertz CT molecular complexity index is 181. The van der Waals surface area contributed by atoms with Gasteiger partial charge in [-0.15, -0.1) is 0 Å². The van der Waals surface area contributed by atoms with Crippen LogP contribution in [0.1, 0.15) is 46.5 Å². The first-order valence-corrected chi connectivity index (χ1v) is 5.49. The maximum absolute atomic E-state index is 11.2. The average Bonchev–Trinajstić information content (AvgIpc) is 2.17. The molecule has 0 aromatic heterocycles. The van der Waals surface area contributed by atoms with E-state index in [1.165, 1.54) is 0 Å². The van der Waals surface area contributed by atoms with Gasteiger partial charge in [0.15, 0.2) is 0 Å². The van der Waals surface area contributed by atoms with E-state index in [2.05, 4.69) is 0 Å². The van der Waals surface area contributed by atoms with E-state index in [1.807, 2.05) is 13.8 Å². The Balaban J connectivity index is 3.91. The normalized spacial score (nSPS) is 11.9. The van der Waals surface area contributed by atoms with E-state index >= 15 is 0 Å². The van der Waals surface area contributed by atoms with E-state index in [0.29, 0.717) is 19.4 Å². The summed E-state index contributed by atoms with van der Waals surface area (Å²) in [5.41, 5.74) is 0. The minimum atomic E-state index is -0.344. The number of rotatable bonds is 7. The second kappa shape index (κ2) is 8.26. The van der Waals surface area contributed by atoms with Gasteiger partial charge in [0, 0.05) is 6.42 Å². The molecule has 0 saturated carbocycles. The minimum absolute atomic E-state index is 0.153. The average molecular weight is 216 g/mol. The predicted octanol–water partition coefficient (Wildman–Crippen LogP) is 2.06. The van der Waals surface area contributed by atoms with Crippen molar-refractivity contribution in [2.24, 2.45) is 0 Å². The quantitative estimate of drug-likeness (QED) is 0.611. The monoisotopic (exact) mass is 216 g/mol. The van der Waals surface area contributed by atoms with Crippen LogP contribution in [-0.4, -0.2) is 24.6 Å². The maximum atomic E-state index is 11.2. The number of hydrogen-bond acceptors (Lipinski definition) is 4. The van der Waals surface area contributed by atoms with Gasteiger partial charge in [-0.1, -0.05) is 13.8 Å². The summed E-state index contributed by atoms with van der Waals surface area (Å²) in [6, 6.07) is 0. The number of hydrogen-bond donors (Lipinski definition) is 0. The number of ether oxygens (including phenoxy) is 2. The highest BCUT2D eigenvalue weighted by molar-refractivity contribution is 5.72. The molecule has 0 aromatic carbocycles. The zero-order valence-electron chi connectivity index (χ0n) is 9.75. The number of carbonyl (C=O) groups is 2. The molecular formula is C11H20O4. The van der Waals surface area contributed by atoms with E-state index in [9.17, 15) is 9.59 Å². The van der Waals surface area contributed by atoms with E-state index in [4.69, 9.17) is 9.47 Å². The molecule has 0 aromatic rings. The Morgan fingerprint density at radius 3 is 2.27 bits per heavy atom. The molecule has 4 nitrogen and oxygen atoms in total. The van der Waals surface area contributed by atoms with Crippen molar-refractivity contribution in [3.8, 4) is 0 Å². The summed E-state index contributed by atoms with van der Waals surface area (Å²) in [6.07, 6.45) is 1.60. The van der Waals surface area contributed by atoms with Crippen molar-refractivity contribution in [3.63, 3.8) is 0 Å². The van der Waals surface area contributed by atoms with Crippen molar-refractivity contribution >= 4 is 11.9 Å². The topological polar surface area (TPSA) is 52.6 Å². The molecule has 0 saturated heterocycles. The molecule has 0 aliphatic heterocycles. The smallest absolute Gasteiger partial charge is 0.309 e. The fourth-order valence-electron chi connectivity index (χ4n) is 1.12. The molecule has 0 heterocycles. The molecule has 0 radical (unpaired) electrons. The molecule has 4 heteroatoms. The van der Waals surface area contributed by atoms with Gasteiger partial charge in [0.1, 0.15) is 6.10 Å². The van der Waals surface area contributed by atoms with Crippen LogP contribution in [0, 0.1) is 0 Å². The fraction of sp³-hybridized carbons (Fsp3) is 0.818. The Labute approximate surface area is 90.9 Å². The first-order valence-electron chi connectivity index (χ1n) is 5.49. The zero-order valence-corrected chi connectivity index (χ0v) is 9.75. The van der Waals surface area contributed by atoms with Gasteiger partial charge >= 0.3 is 11.9 Å². The van der Waals surface area contributed by atoms with Crippen molar-refractivity contribution in [1.29, 1.82) is 0 Å². The molecular weight excluding hydrogens is 196 g/mol. The molecule has 1 atom stereocenters. The highest BCUT2D eigenvalue weighted by Crippen LogP contribution is 2.07. The summed E-state index contributed by atoms with van der Waals surface area (Å²) < 4.78 is 9.90. The second-order valence-electron chi connectivity index (χ2n) is 3.28. The summed E-state index contributed by atoms with van der Waals surface area (Å²) in [6.45, 7) is 5.90. The van der Waals surface area contributed by atoms with Crippen LogP contribution >= 0.6 is 0 Å². The second-order valence-corrected chi connectivity index (χ2v) is 3.28. The third kappa shape index (κ3) is 6.94. The lowest BCUT2D eigenvalue weighted by molar-refractivity contribution is -0.155. The highest BCUT2D eigenvalue weighted by atomic mass is 16.6. The lowest BCUT2D eigenvalue weighted by atomic mass is 10.2. The van der Waals surface area contributed by atoms with Gasteiger partial charge in [-0.25, -0.2) is 0 Å². The summed E-state index contributed by atoms with van der Waals surface area (Å²) in [5.74, 6) is -0.553. The summed E-state index contributed by atoms with van der Waals surface area (Å²) >= 11 is 0. The first kappa shape index (κ1) is 13.9. The third-order valence-electron chi connectivity index (χ3n) is 1.91. The van der Waals surface area contributed by atoms with Gasteiger partial charge in [0.2, 0.25) is 0 Å². The van der Waals surface area contributed by atoms with Crippen LogP contribution in [0.25, 0.3) is 0 Å². The minimum Gasteiger partial charge on any atom is -0.466 e. The molecule has 0 rings (SSSR count). The molecule has 0 N–H and O–H groups in total. The van der Waals surface area contributed by atoms with Gasteiger partial charge in [0.25, 0.3) is 0 Å². The summed E-state index contributed by atoms with van der Waals surface area (Å²) in [7, 11) is 0. The van der Waals surface area contributed by atoms with Gasteiger partial charge in [-0.2, -0.15) is 0 Å². The lowest BCUT2D eigenvalue weighted by Gasteiger charge is -2.14. The van der Waals surface area contributed by atoms with Crippen molar-refractivity contribution in [1.82, 2.24) is 0 Å². The van der Waals surface area contributed by atoms with Crippen molar-refractivity contribution < 1.29 is 19.1 Å². The Hall–Kier alpha value is -1.06. The molecule has 88 valence electrons. The Morgan fingerprint density at radius 2 is 1.80 bits per heavy atom. The number of carbonyl (C=O) groups excluding carboxylic acids is 2. The van der Waals surface area contributed by atoms with Crippen molar-refractivity contribution in [3.05, 3.63) is 0 Å². The summed E-state index contributed by atoms with van der Waals surface area (Å²) in [5, 5.41) is 0. The van der Waals surface area contributed by atoms with Crippen LogP contribution < -0.4 is 0 Å². The first-order chi connectivity index (χ1) is 7.13. The van der Waals surface area contributed by atoms with Gasteiger partial charge in [-0.3, -0.25) is 9.59 Å². The van der Waals surface area contributed by atoms with Crippen LogP contribution in [0.2, 0.25) is 0 Å². The predicted molar refractivity (Wildman–Crippen MR) is 56.3 cm³/mol. The van der Waals surface area contributed by atoms with Crippen molar-refractivity contribution in [2.45, 2.75) is 52.6 Å². The molecule has 0 fully saturated rings. The van der Waals surface area contributed by atoms with Crippen LogP contribution in [-0.2, 0) is 19.1 Å². The molecule has 0 aliphatic rings. The highest BCUT2D eigenvalue weighted by Gasteiger charge is 2.16. The molecule has 0 unspecified atom stereocenters. The van der Waals surface area contributed by atoms with E-state index in [-0.39, 0.29) is 24.5 Å². The van der Waals surface area contributed by atoms with Crippen LogP contribution in [0.3, 0.4) is 0 Å². The van der Waals surface area contributed by atoms with Crippen LogP contribution in [0.15, 0.2) is 0 Å². The van der Waals surface area contributed by atoms with Crippen LogP contribution in [0.5, 0.6) is 0 Å². The summed E-state index contributed by atoms with van der Waals surface area (Å²) in [4.78, 5) is 22.3. The van der Waals surface area contributed by atoms with Crippen molar-refractivity contribution in [2.75, 3.05) is 6.61 Å². The van der Waals surface area contributed by atoms with Crippen LogP contribution in [0.4, 0.5) is 0 Å².